The van der Waals surface area contributed by atoms with Crippen molar-refractivity contribution in [3.63, 3.8) is 0 Å². The van der Waals surface area contributed by atoms with Gasteiger partial charge in [0.15, 0.2) is 15.6 Å². The Morgan fingerprint density at radius 3 is 2.56 bits per heavy atom. The van der Waals surface area contributed by atoms with Crippen molar-refractivity contribution in [1.29, 1.82) is 0 Å². The van der Waals surface area contributed by atoms with E-state index in [0.717, 1.165) is 0 Å². The Hall–Kier alpha value is -1.43. The molecule has 1 aliphatic heterocycles. The molecule has 0 saturated carbocycles. The van der Waals surface area contributed by atoms with E-state index in [-0.39, 0.29) is 22.1 Å². The van der Waals surface area contributed by atoms with Crippen molar-refractivity contribution in [2.45, 2.75) is 32.1 Å². The molecular weight excluding hydrogens is 254 g/mol. The van der Waals surface area contributed by atoms with Crippen molar-refractivity contribution < 1.29 is 18.3 Å². The number of aromatic hydroxyl groups is 1. The van der Waals surface area contributed by atoms with Crippen LogP contribution in [0.5, 0.6) is 5.75 Å². The van der Waals surface area contributed by atoms with E-state index in [1.165, 1.54) is 0 Å². The van der Waals surface area contributed by atoms with Gasteiger partial charge in [-0.15, -0.1) is 0 Å². The Morgan fingerprint density at radius 2 is 2.00 bits per heavy atom. The molecule has 6 heteroatoms. The van der Waals surface area contributed by atoms with Crippen LogP contribution in [0.4, 0.5) is 0 Å². The van der Waals surface area contributed by atoms with Crippen molar-refractivity contribution >= 4 is 15.6 Å². The van der Waals surface area contributed by atoms with E-state index < -0.39 is 21.4 Å². The minimum absolute atomic E-state index is 0.0712. The van der Waals surface area contributed by atoms with Crippen LogP contribution in [0.3, 0.4) is 0 Å². The second-order valence-corrected chi connectivity index (χ2v) is 6.90. The number of rotatable bonds is 2. The number of Topliss-reactive ketones (excluding diaryl/α,β-unsaturated/α-hetero) is 1. The van der Waals surface area contributed by atoms with Crippen molar-refractivity contribution in [1.82, 2.24) is 4.98 Å². The lowest BCUT2D eigenvalue weighted by molar-refractivity contribution is 0.102. The molecule has 0 radical (unpaired) electrons. The van der Waals surface area contributed by atoms with E-state index in [1.807, 2.05) is 13.8 Å². The molecule has 0 fully saturated rings. The van der Waals surface area contributed by atoms with Crippen LogP contribution in [-0.4, -0.2) is 30.0 Å². The fourth-order valence-electron chi connectivity index (χ4n) is 2.22. The average molecular weight is 269 g/mol. The van der Waals surface area contributed by atoms with Gasteiger partial charge in [-0.3, -0.25) is 9.78 Å². The molecule has 5 nitrogen and oxygen atoms in total. The highest BCUT2D eigenvalue weighted by atomic mass is 32.2. The molecule has 0 amide bonds. The number of hydrogen-bond donors (Lipinski definition) is 1. The van der Waals surface area contributed by atoms with Gasteiger partial charge >= 0.3 is 0 Å². The summed E-state index contributed by atoms with van der Waals surface area (Å²) in [6.07, 6.45) is 0.507. The standard InChI is InChI=1S/C12H15NO4S/c1-6(2)4-8-11(15)10-9(14)5-18(16,17)12(10)7(3)13-8/h6,15H,4-5H2,1-3H3. The Morgan fingerprint density at radius 1 is 1.39 bits per heavy atom. The number of nitrogens with zero attached hydrogens (tertiary/aromatic N) is 1. The Labute approximate surface area is 106 Å². The highest BCUT2D eigenvalue weighted by Crippen LogP contribution is 2.36. The third kappa shape index (κ3) is 1.90. The predicted octanol–water partition coefficient (Wildman–Crippen LogP) is 1.26. The van der Waals surface area contributed by atoms with Crippen LogP contribution < -0.4 is 0 Å². The summed E-state index contributed by atoms with van der Waals surface area (Å²) in [4.78, 5) is 15.8. The Bertz CT molecular complexity index is 632. The fourth-order valence-corrected chi connectivity index (χ4v) is 3.88. The van der Waals surface area contributed by atoms with E-state index >= 15 is 0 Å². The zero-order valence-corrected chi connectivity index (χ0v) is 11.3. The molecular formula is C12H15NO4S. The lowest BCUT2D eigenvalue weighted by atomic mass is 10.0. The summed E-state index contributed by atoms with van der Waals surface area (Å²) >= 11 is 0. The molecule has 1 aromatic rings. The Balaban J connectivity index is 2.73. The van der Waals surface area contributed by atoms with E-state index in [4.69, 9.17) is 0 Å². The van der Waals surface area contributed by atoms with Gasteiger partial charge in [-0.1, -0.05) is 13.8 Å². The highest BCUT2D eigenvalue weighted by Gasteiger charge is 2.39. The molecule has 2 rings (SSSR count). The second-order valence-electron chi connectivity index (χ2n) is 4.98. The predicted molar refractivity (Wildman–Crippen MR) is 65.6 cm³/mol. The molecule has 0 atom stereocenters. The summed E-state index contributed by atoms with van der Waals surface area (Å²) < 4.78 is 23.6. The van der Waals surface area contributed by atoms with Gasteiger partial charge in [-0.25, -0.2) is 8.42 Å². The molecule has 0 spiro atoms. The molecule has 0 aliphatic carbocycles. The van der Waals surface area contributed by atoms with Crippen LogP contribution in [0.1, 0.15) is 35.6 Å². The van der Waals surface area contributed by atoms with Crippen molar-refractivity contribution in [2.24, 2.45) is 5.92 Å². The molecule has 0 unspecified atom stereocenters. The van der Waals surface area contributed by atoms with Crippen molar-refractivity contribution in [3.05, 3.63) is 17.0 Å². The third-order valence-corrected chi connectivity index (χ3v) is 4.64. The van der Waals surface area contributed by atoms with Crippen LogP contribution in [0, 0.1) is 12.8 Å². The minimum atomic E-state index is -3.63. The van der Waals surface area contributed by atoms with Crippen LogP contribution in [-0.2, 0) is 16.3 Å². The number of carbonyl (C=O) groups is 1. The first-order valence-electron chi connectivity index (χ1n) is 5.72. The lowest BCUT2D eigenvalue weighted by Gasteiger charge is -2.11. The van der Waals surface area contributed by atoms with E-state index in [0.29, 0.717) is 17.8 Å². The van der Waals surface area contributed by atoms with Gasteiger partial charge in [-0.2, -0.15) is 0 Å². The molecule has 0 bridgehead atoms. The SMILES string of the molecule is Cc1nc(CC(C)C)c(O)c2c1S(=O)(=O)CC2=O. The fraction of sp³-hybridized carbons (Fsp3) is 0.500. The van der Waals surface area contributed by atoms with Gasteiger partial charge in [0.25, 0.3) is 0 Å². The first-order valence-corrected chi connectivity index (χ1v) is 7.37. The number of pyridine rings is 1. The van der Waals surface area contributed by atoms with Crippen LogP contribution >= 0.6 is 0 Å². The lowest BCUT2D eigenvalue weighted by Crippen LogP contribution is -2.06. The summed E-state index contributed by atoms with van der Waals surface area (Å²) in [5.41, 5.74) is 0.620. The molecule has 2 heterocycles. The normalized spacial score (nSPS) is 17.2. The topological polar surface area (TPSA) is 84.3 Å². The number of hydrogen-bond acceptors (Lipinski definition) is 5. The van der Waals surface area contributed by atoms with Gasteiger partial charge < -0.3 is 5.11 Å². The van der Waals surface area contributed by atoms with Crippen LogP contribution in [0.15, 0.2) is 4.90 Å². The van der Waals surface area contributed by atoms with Gasteiger partial charge in [0.1, 0.15) is 16.4 Å². The maximum absolute atomic E-state index is 11.8. The minimum Gasteiger partial charge on any atom is -0.505 e. The van der Waals surface area contributed by atoms with Crippen molar-refractivity contribution in [2.75, 3.05) is 5.75 Å². The molecule has 18 heavy (non-hydrogen) atoms. The van der Waals surface area contributed by atoms with E-state index in [1.54, 1.807) is 6.92 Å². The molecule has 1 aliphatic rings. The molecule has 0 aromatic carbocycles. The molecule has 1 N–H and O–H groups in total. The average Bonchev–Trinajstić information content (AvgIpc) is 2.44. The summed E-state index contributed by atoms with van der Waals surface area (Å²) in [6.45, 7) is 5.47. The number of aromatic nitrogens is 1. The highest BCUT2D eigenvalue weighted by molar-refractivity contribution is 7.92. The van der Waals surface area contributed by atoms with Crippen LogP contribution in [0.2, 0.25) is 0 Å². The number of sulfone groups is 1. The third-order valence-electron chi connectivity index (χ3n) is 2.88. The van der Waals surface area contributed by atoms with Gasteiger partial charge in [-0.05, 0) is 19.3 Å². The van der Waals surface area contributed by atoms with Crippen LogP contribution in [0.25, 0.3) is 0 Å². The largest absolute Gasteiger partial charge is 0.505 e. The number of aryl methyl sites for hydroxylation is 1. The van der Waals surface area contributed by atoms with Crippen molar-refractivity contribution in [3.8, 4) is 5.75 Å². The van der Waals surface area contributed by atoms with E-state index in [9.17, 15) is 18.3 Å². The van der Waals surface area contributed by atoms with Gasteiger partial charge in [0.05, 0.1) is 17.0 Å². The summed E-state index contributed by atoms with van der Waals surface area (Å²) in [5.74, 6) is -1.12. The molecule has 1 aromatic heterocycles. The zero-order valence-electron chi connectivity index (χ0n) is 10.5. The molecule has 98 valence electrons. The van der Waals surface area contributed by atoms with Gasteiger partial charge in [0.2, 0.25) is 0 Å². The number of fused-ring (bicyclic) bond motifs is 1. The maximum atomic E-state index is 11.8. The monoisotopic (exact) mass is 269 g/mol. The van der Waals surface area contributed by atoms with Gasteiger partial charge in [0, 0.05) is 0 Å². The summed E-state index contributed by atoms with van der Waals surface area (Å²) in [7, 11) is -3.63. The smallest absolute Gasteiger partial charge is 0.188 e. The summed E-state index contributed by atoms with van der Waals surface area (Å²) in [6, 6.07) is 0. The number of carbonyl (C=O) groups excluding carboxylic acids is 1. The first-order chi connectivity index (χ1) is 8.24. The Kier molecular flexibility index (Phi) is 2.93. The summed E-state index contributed by atoms with van der Waals surface area (Å²) in [5, 5.41) is 10.0. The van der Waals surface area contributed by atoms with E-state index in [2.05, 4.69) is 4.98 Å². The zero-order chi connectivity index (χ0) is 13.7. The number of ketones is 1. The first kappa shape index (κ1) is 13.0. The second kappa shape index (κ2) is 4.05. The quantitative estimate of drug-likeness (QED) is 0.873. The molecule has 0 saturated heterocycles. The maximum Gasteiger partial charge on any atom is 0.188 e.